The van der Waals surface area contributed by atoms with E-state index in [2.05, 4.69) is 71.5 Å². The maximum absolute atomic E-state index is 13.4. The molecule has 0 aliphatic heterocycles. The van der Waals surface area contributed by atoms with Gasteiger partial charge in [0.2, 0.25) is 5.91 Å². The van der Waals surface area contributed by atoms with Gasteiger partial charge in [0.15, 0.2) is 0 Å². The summed E-state index contributed by atoms with van der Waals surface area (Å²) in [5.74, 6) is 0.885. The highest BCUT2D eigenvalue weighted by Gasteiger charge is 2.27. The van der Waals surface area contributed by atoms with Crippen molar-refractivity contribution in [3.05, 3.63) is 71.4 Å². The van der Waals surface area contributed by atoms with Crippen LogP contribution in [0.5, 0.6) is 0 Å². The van der Waals surface area contributed by atoms with E-state index in [0.717, 1.165) is 31.7 Å². The second kappa shape index (κ2) is 11.0. The van der Waals surface area contributed by atoms with Crippen LogP contribution in [0.4, 0.5) is 0 Å². The lowest BCUT2D eigenvalue weighted by atomic mass is 9.86. The fourth-order valence-corrected chi connectivity index (χ4v) is 6.44. The van der Waals surface area contributed by atoms with Crippen LogP contribution in [0.15, 0.2) is 54.7 Å². The molecule has 186 valence electrons. The number of rotatable bonds is 7. The van der Waals surface area contributed by atoms with Crippen LogP contribution >= 0.6 is 0 Å². The highest BCUT2D eigenvalue weighted by Crippen LogP contribution is 2.36. The van der Waals surface area contributed by atoms with Crippen LogP contribution in [0, 0.1) is 12.8 Å². The molecular weight excluding hydrogens is 430 g/mol. The molecule has 0 bridgehead atoms. The van der Waals surface area contributed by atoms with E-state index in [0.29, 0.717) is 6.42 Å². The molecule has 1 aromatic heterocycles. The monoisotopic (exact) mass is 471 g/mol. The minimum absolute atomic E-state index is 0.0206. The molecule has 1 unspecified atom stereocenters. The third kappa shape index (κ3) is 5.64. The third-order valence-electron chi connectivity index (χ3n) is 8.37. The van der Waals surface area contributed by atoms with Gasteiger partial charge in [-0.2, -0.15) is 0 Å². The van der Waals surface area contributed by atoms with Gasteiger partial charge in [-0.25, -0.2) is 0 Å². The average Bonchev–Trinajstić information content (AvgIpc) is 3.23. The Labute approximate surface area is 210 Å². The Morgan fingerprint density at radius 2 is 1.77 bits per heavy atom. The Kier molecular flexibility index (Phi) is 7.57. The zero-order chi connectivity index (χ0) is 24.2. The molecule has 2 aromatic carbocycles. The molecule has 4 heteroatoms. The number of para-hydroxylation sites is 1. The standard InChI is InChI=1S/C31H41N3O/c1-22-10-9-13-24(18-22)26(19-31(35)33-29-16-7-6-15-28(29)32)27-21-34(20-23-11-3-2-4-12-23)30-17-8-5-14-25(27)30/h5,8-10,13-14,17-18,21,23,26,28-29H,2-4,6-7,11-12,15-16,19-20,32H2,1H3,(H,33,35)/t26?,28-,29-/m0/s1. The minimum Gasteiger partial charge on any atom is -0.352 e. The average molecular weight is 472 g/mol. The van der Waals surface area contributed by atoms with E-state index in [-0.39, 0.29) is 23.9 Å². The minimum atomic E-state index is 0.0206. The second-order valence-corrected chi connectivity index (χ2v) is 11.1. The maximum atomic E-state index is 13.4. The van der Waals surface area contributed by atoms with Gasteiger partial charge in [-0.1, -0.05) is 80.1 Å². The maximum Gasteiger partial charge on any atom is 0.221 e. The number of nitrogens with one attached hydrogen (secondary N) is 1. The molecule has 3 N–H and O–H groups in total. The molecule has 2 fully saturated rings. The van der Waals surface area contributed by atoms with Gasteiger partial charge < -0.3 is 15.6 Å². The molecule has 2 aliphatic rings. The van der Waals surface area contributed by atoms with E-state index in [1.165, 1.54) is 66.1 Å². The summed E-state index contributed by atoms with van der Waals surface area (Å²) < 4.78 is 2.47. The van der Waals surface area contributed by atoms with Crippen LogP contribution in [0.2, 0.25) is 0 Å². The predicted molar refractivity (Wildman–Crippen MR) is 145 cm³/mol. The van der Waals surface area contributed by atoms with Crippen molar-refractivity contribution in [2.75, 3.05) is 0 Å². The van der Waals surface area contributed by atoms with Crippen molar-refractivity contribution in [3.8, 4) is 0 Å². The first-order valence-corrected chi connectivity index (χ1v) is 13.8. The predicted octanol–water partition coefficient (Wildman–Crippen LogP) is 6.44. The lowest BCUT2D eigenvalue weighted by Gasteiger charge is -2.30. The van der Waals surface area contributed by atoms with Gasteiger partial charge in [0, 0.05) is 48.1 Å². The second-order valence-electron chi connectivity index (χ2n) is 11.1. The normalized spacial score (nSPS) is 22.2. The van der Waals surface area contributed by atoms with Crippen LogP contribution in [0.1, 0.15) is 86.8 Å². The third-order valence-corrected chi connectivity index (χ3v) is 8.37. The number of nitrogens with zero attached hydrogens (tertiary/aromatic N) is 1. The fourth-order valence-electron chi connectivity index (χ4n) is 6.44. The Bertz CT molecular complexity index is 1140. The van der Waals surface area contributed by atoms with Crippen molar-refractivity contribution >= 4 is 16.8 Å². The van der Waals surface area contributed by atoms with E-state index in [1.54, 1.807) is 0 Å². The van der Waals surface area contributed by atoms with Crippen LogP contribution in [-0.2, 0) is 11.3 Å². The van der Waals surface area contributed by atoms with Crippen LogP contribution in [-0.4, -0.2) is 22.6 Å². The van der Waals surface area contributed by atoms with Crippen LogP contribution in [0.3, 0.4) is 0 Å². The fraction of sp³-hybridized carbons (Fsp3) is 0.516. The molecule has 2 saturated carbocycles. The number of aryl methyl sites for hydroxylation is 1. The van der Waals surface area contributed by atoms with E-state index >= 15 is 0 Å². The molecule has 0 spiro atoms. The summed E-state index contributed by atoms with van der Waals surface area (Å²) in [5.41, 5.74) is 11.4. The molecular formula is C31H41N3O. The number of benzene rings is 2. The largest absolute Gasteiger partial charge is 0.352 e. The van der Waals surface area contributed by atoms with Crippen LogP contribution < -0.4 is 11.1 Å². The lowest BCUT2D eigenvalue weighted by Crippen LogP contribution is -2.49. The Hall–Kier alpha value is -2.59. The van der Waals surface area contributed by atoms with Gasteiger partial charge >= 0.3 is 0 Å². The van der Waals surface area contributed by atoms with E-state index in [9.17, 15) is 4.79 Å². The number of amides is 1. The molecule has 4 nitrogen and oxygen atoms in total. The summed E-state index contributed by atoms with van der Waals surface area (Å²) in [6, 6.07) is 17.6. The van der Waals surface area contributed by atoms with Gasteiger partial charge in [0.05, 0.1) is 0 Å². The molecule has 1 heterocycles. The smallest absolute Gasteiger partial charge is 0.221 e. The van der Waals surface area contributed by atoms with Gasteiger partial charge in [0.1, 0.15) is 0 Å². The van der Waals surface area contributed by atoms with Gasteiger partial charge in [0.25, 0.3) is 0 Å². The molecule has 35 heavy (non-hydrogen) atoms. The number of hydrogen-bond acceptors (Lipinski definition) is 2. The first-order valence-electron chi connectivity index (χ1n) is 13.8. The molecule has 1 amide bonds. The van der Waals surface area contributed by atoms with E-state index in [4.69, 9.17) is 5.73 Å². The van der Waals surface area contributed by atoms with Crippen molar-refractivity contribution in [1.29, 1.82) is 0 Å². The molecule has 0 saturated heterocycles. The van der Waals surface area contributed by atoms with Gasteiger partial charge in [-0.15, -0.1) is 0 Å². The van der Waals surface area contributed by atoms with Crippen LogP contribution in [0.25, 0.3) is 10.9 Å². The van der Waals surface area contributed by atoms with Crippen molar-refractivity contribution in [1.82, 2.24) is 9.88 Å². The first-order chi connectivity index (χ1) is 17.1. The summed E-state index contributed by atoms with van der Waals surface area (Å²) in [4.78, 5) is 13.4. The van der Waals surface area contributed by atoms with Crippen molar-refractivity contribution < 1.29 is 4.79 Å². The van der Waals surface area contributed by atoms with Gasteiger partial charge in [-0.05, 0) is 55.7 Å². The summed E-state index contributed by atoms with van der Waals surface area (Å²) in [5, 5.41) is 4.58. The molecule has 3 aromatic rings. The highest BCUT2D eigenvalue weighted by molar-refractivity contribution is 5.86. The van der Waals surface area contributed by atoms with Crippen molar-refractivity contribution in [3.63, 3.8) is 0 Å². The number of carbonyl (C=O) groups is 1. The number of aromatic nitrogens is 1. The number of nitrogens with two attached hydrogens (primary N) is 1. The summed E-state index contributed by atoms with van der Waals surface area (Å²) in [6.45, 7) is 3.21. The van der Waals surface area contributed by atoms with Crippen molar-refractivity contribution in [2.45, 2.75) is 95.7 Å². The molecule has 0 radical (unpaired) electrons. The molecule has 5 rings (SSSR count). The van der Waals surface area contributed by atoms with E-state index < -0.39 is 0 Å². The molecule has 2 aliphatic carbocycles. The zero-order valence-electron chi connectivity index (χ0n) is 21.2. The van der Waals surface area contributed by atoms with Crippen molar-refractivity contribution in [2.24, 2.45) is 11.7 Å². The number of fused-ring (bicyclic) bond motifs is 1. The lowest BCUT2D eigenvalue weighted by molar-refractivity contribution is -0.122. The Morgan fingerprint density at radius 1 is 1.00 bits per heavy atom. The summed E-state index contributed by atoms with van der Waals surface area (Å²) >= 11 is 0. The SMILES string of the molecule is Cc1cccc(C(CC(=O)N[C@H]2CCCC[C@@H]2N)c2cn(CC3CCCCC3)c3ccccc23)c1. The number of hydrogen-bond donors (Lipinski definition) is 2. The topological polar surface area (TPSA) is 60.1 Å². The summed E-state index contributed by atoms with van der Waals surface area (Å²) in [6.07, 6.45) is 13.8. The van der Waals surface area contributed by atoms with E-state index in [1.807, 2.05) is 0 Å². The number of carbonyl (C=O) groups excluding carboxylic acids is 1. The molecule has 3 atom stereocenters. The highest BCUT2D eigenvalue weighted by atomic mass is 16.1. The van der Waals surface area contributed by atoms with Gasteiger partial charge in [-0.3, -0.25) is 4.79 Å². The first kappa shape index (κ1) is 24.1. The Morgan fingerprint density at radius 3 is 2.57 bits per heavy atom. The quantitative estimate of drug-likeness (QED) is 0.417. The Balaban J connectivity index is 1.47. The zero-order valence-corrected chi connectivity index (χ0v) is 21.2. The summed E-state index contributed by atoms with van der Waals surface area (Å²) in [7, 11) is 0.